The van der Waals surface area contributed by atoms with Gasteiger partial charge in [-0.25, -0.2) is 0 Å². The van der Waals surface area contributed by atoms with Crippen LogP contribution in [0.4, 0.5) is 0 Å². The van der Waals surface area contributed by atoms with Crippen molar-refractivity contribution in [3.8, 4) is 0 Å². The maximum absolute atomic E-state index is 6.54. The van der Waals surface area contributed by atoms with Gasteiger partial charge in [0.15, 0.2) is 0 Å². The van der Waals surface area contributed by atoms with Crippen LogP contribution in [0.15, 0.2) is 103 Å². The van der Waals surface area contributed by atoms with Crippen molar-refractivity contribution in [2.45, 2.75) is 6.92 Å². The van der Waals surface area contributed by atoms with Gasteiger partial charge in [0, 0.05) is 0 Å². The van der Waals surface area contributed by atoms with E-state index in [2.05, 4.69) is 79.4 Å². The van der Waals surface area contributed by atoms with E-state index in [9.17, 15) is 0 Å². The van der Waals surface area contributed by atoms with E-state index in [0.29, 0.717) is 0 Å². The standard InChI is InChI=1S/C21H20OSi/c1-18(2)22-23(19-12-6-3-7-13-19,20-14-8-4-9-15-20)21-16-10-5-11-17-21/h3-17H,1H2,2H3. The fourth-order valence-electron chi connectivity index (χ4n) is 2.96. The summed E-state index contributed by atoms with van der Waals surface area (Å²) in [5, 5.41) is 3.67. The summed E-state index contributed by atoms with van der Waals surface area (Å²) < 4.78 is 6.54. The molecule has 0 spiro atoms. The molecule has 0 unspecified atom stereocenters. The minimum atomic E-state index is -2.59. The molecule has 0 heterocycles. The maximum atomic E-state index is 6.54. The average Bonchev–Trinajstić information content (AvgIpc) is 2.62. The van der Waals surface area contributed by atoms with Crippen molar-refractivity contribution in [3.05, 3.63) is 103 Å². The molecule has 0 aliphatic carbocycles. The molecule has 23 heavy (non-hydrogen) atoms. The number of hydrogen-bond acceptors (Lipinski definition) is 1. The SMILES string of the molecule is C=C(C)O[Si](c1ccccc1)(c1ccccc1)c1ccccc1. The average molecular weight is 316 g/mol. The van der Waals surface area contributed by atoms with Gasteiger partial charge < -0.3 is 4.43 Å². The van der Waals surface area contributed by atoms with Crippen LogP contribution in [0, 0.1) is 0 Å². The number of rotatable bonds is 5. The van der Waals surface area contributed by atoms with Crippen LogP contribution < -0.4 is 15.6 Å². The van der Waals surface area contributed by atoms with Gasteiger partial charge in [-0.2, -0.15) is 0 Å². The molecule has 0 atom stereocenters. The molecular weight excluding hydrogens is 296 g/mol. The molecule has 0 aliphatic heterocycles. The number of allylic oxidation sites excluding steroid dienone is 1. The molecule has 3 aromatic carbocycles. The number of benzene rings is 3. The van der Waals surface area contributed by atoms with Gasteiger partial charge >= 0.3 is 8.32 Å². The highest BCUT2D eigenvalue weighted by molar-refractivity contribution is 7.07. The van der Waals surface area contributed by atoms with E-state index in [4.69, 9.17) is 4.43 Å². The molecule has 0 aliphatic rings. The van der Waals surface area contributed by atoms with Gasteiger partial charge in [-0.1, -0.05) is 97.6 Å². The monoisotopic (exact) mass is 316 g/mol. The number of hydrogen-bond donors (Lipinski definition) is 0. The lowest BCUT2D eigenvalue weighted by Gasteiger charge is -2.33. The van der Waals surface area contributed by atoms with Gasteiger partial charge in [0.05, 0.1) is 5.76 Å². The summed E-state index contributed by atoms with van der Waals surface area (Å²) in [7, 11) is -2.59. The lowest BCUT2D eigenvalue weighted by molar-refractivity contribution is 0.443. The highest BCUT2D eigenvalue weighted by Gasteiger charge is 2.43. The van der Waals surface area contributed by atoms with Crippen molar-refractivity contribution < 1.29 is 4.43 Å². The Balaban J connectivity index is 2.32. The van der Waals surface area contributed by atoms with Crippen LogP contribution in [-0.4, -0.2) is 8.32 Å². The van der Waals surface area contributed by atoms with E-state index < -0.39 is 8.32 Å². The predicted octanol–water partition coefficient (Wildman–Crippen LogP) is 3.20. The first-order valence-corrected chi connectivity index (χ1v) is 9.65. The van der Waals surface area contributed by atoms with Gasteiger partial charge in [0.1, 0.15) is 0 Å². The van der Waals surface area contributed by atoms with Crippen molar-refractivity contribution in [2.75, 3.05) is 0 Å². The summed E-state index contributed by atoms with van der Waals surface area (Å²) in [6.07, 6.45) is 0. The lowest BCUT2D eigenvalue weighted by atomic mass is 10.3. The third-order valence-corrected chi connectivity index (χ3v) is 7.96. The Kier molecular flexibility index (Phi) is 4.44. The predicted molar refractivity (Wildman–Crippen MR) is 99.9 cm³/mol. The molecule has 0 bridgehead atoms. The van der Waals surface area contributed by atoms with Crippen LogP contribution in [0.1, 0.15) is 6.92 Å². The lowest BCUT2D eigenvalue weighted by Crippen LogP contribution is -2.69. The summed E-state index contributed by atoms with van der Waals surface area (Å²) in [5.41, 5.74) is 0. The topological polar surface area (TPSA) is 9.23 Å². The Morgan fingerprint density at radius 1 is 0.652 bits per heavy atom. The van der Waals surface area contributed by atoms with Gasteiger partial charge in [-0.15, -0.1) is 0 Å². The van der Waals surface area contributed by atoms with Crippen molar-refractivity contribution >= 4 is 23.9 Å². The molecule has 0 fully saturated rings. The highest BCUT2D eigenvalue weighted by atomic mass is 28.4. The molecule has 114 valence electrons. The molecule has 0 radical (unpaired) electrons. The van der Waals surface area contributed by atoms with Crippen molar-refractivity contribution in [2.24, 2.45) is 0 Å². The van der Waals surface area contributed by atoms with Gasteiger partial charge in [0.25, 0.3) is 0 Å². The third kappa shape index (κ3) is 2.99. The zero-order valence-corrected chi connectivity index (χ0v) is 14.3. The summed E-state index contributed by atoms with van der Waals surface area (Å²) in [6, 6.07) is 31.5. The maximum Gasteiger partial charge on any atom is 0.346 e. The first-order chi connectivity index (χ1) is 11.2. The smallest absolute Gasteiger partial charge is 0.346 e. The second kappa shape index (κ2) is 6.67. The van der Waals surface area contributed by atoms with Gasteiger partial charge in [-0.3, -0.25) is 0 Å². The quantitative estimate of drug-likeness (QED) is 0.399. The molecular formula is C21H20OSi. The van der Waals surface area contributed by atoms with Gasteiger partial charge in [0.2, 0.25) is 0 Å². The fraction of sp³-hybridized carbons (Fsp3) is 0.0476. The van der Waals surface area contributed by atoms with Crippen LogP contribution in [0.2, 0.25) is 0 Å². The minimum absolute atomic E-state index is 0.744. The molecule has 1 nitrogen and oxygen atoms in total. The van der Waals surface area contributed by atoms with Crippen molar-refractivity contribution in [1.29, 1.82) is 0 Å². The summed E-state index contributed by atoms with van der Waals surface area (Å²) in [6.45, 7) is 5.96. The second-order valence-electron chi connectivity index (χ2n) is 5.58. The Labute approximate surface area is 139 Å². The zero-order chi connectivity index (χ0) is 16.1. The summed E-state index contributed by atoms with van der Waals surface area (Å²) in [5.74, 6) is 0.744. The Morgan fingerprint density at radius 2 is 0.957 bits per heavy atom. The van der Waals surface area contributed by atoms with Crippen LogP contribution >= 0.6 is 0 Å². The Hall–Kier alpha value is -2.58. The first kappa shape index (κ1) is 15.3. The van der Waals surface area contributed by atoms with E-state index in [-0.39, 0.29) is 0 Å². The molecule has 0 aromatic heterocycles. The Bertz CT molecular complexity index is 670. The second-order valence-corrected chi connectivity index (χ2v) is 8.88. The molecule has 0 saturated carbocycles. The fourth-order valence-corrected chi connectivity index (χ4v) is 6.82. The molecule has 0 N–H and O–H groups in total. The van der Waals surface area contributed by atoms with Crippen molar-refractivity contribution in [3.63, 3.8) is 0 Å². The summed E-state index contributed by atoms with van der Waals surface area (Å²) in [4.78, 5) is 0. The molecule has 3 aromatic rings. The van der Waals surface area contributed by atoms with E-state index in [1.54, 1.807) is 0 Å². The Morgan fingerprint density at radius 3 is 1.22 bits per heavy atom. The largest absolute Gasteiger partial charge is 0.534 e. The first-order valence-electron chi connectivity index (χ1n) is 7.74. The van der Waals surface area contributed by atoms with E-state index in [1.165, 1.54) is 15.6 Å². The molecule has 3 rings (SSSR count). The van der Waals surface area contributed by atoms with Crippen LogP contribution in [-0.2, 0) is 4.43 Å². The van der Waals surface area contributed by atoms with E-state index in [0.717, 1.165) is 5.76 Å². The van der Waals surface area contributed by atoms with Crippen LogP contribution in [0.5, 0.6) is 0 Å². The normalized spacial score (nSPS) is 11.0. The van der Waals surface area contributed by atoms with Crippen LogP contribution in [0.25, 0.3) is 0 Å². The van der Waals surface area contributed by atoms with Gasteiger partial charge in [-0.05, 0) is 22.5 Å². The third-order valence-electron chi connectivity index (χ3n) is 3.87. The van der Waals surface area contributed by atoms with E-state index >= 15 is 0 Å². The van der Waals surface area contributed by atoms with E-state index in [1.807, 2.05) is 25.1 Å². The highest BCUT2D eigenvalue weighted by Crippen LogP contribution is 2.12. The summed E-state index contributed by atoms with van der Waals surface area (Å²) >= 11 is 0. The molecule has 0 saturated heterocycles. The minimum Gasteiger partial charge on any atom is -0.534 e. The van der Waals surface area contributed by atoms with Crippen LogP contribution in [0.3, 0.4) is 0 Å². The molecule has 0 amide bonds. The molecule has 2 heteroatoms. The van der Waals surface area contributed by atoms with Crippen molar-refractivity contribution in [1.82, 2.24) is 0 Å². The zero-order valence-electron chi connectivity index (χ0n) is 13.3.